The first-order valence-electron chi connectivity index (χ1n) is 6.05. The molecular weight excluding hydrogens is 194 g/mol. The van der Waals surface area contributed by atoms with E-state index in [9.17, 15) is 0 Å². The average Bonchev–Trinajstić information content (AvgIpc) is 2.34. The highest BCUT2D eigenvalue weighted by Gasteiger charge is 2.15. The summed E-state index contributed by atoms with van der Waals surface area (Å²) in [6, 6.07) is 0. The molecule has 0 N–H and O–H groups in total. The molecule has 0 spiro atoms. The van der Waals surface area contributed by atoms with Gasteiger partial charge in [-0.05, 0) is 38.3 Å². The van der Waals surface area contributed by atoms with E-state index in [1.165, 1.54) is 11.1 Å². The minimum Gasteiger partial charge on any atom is -0.306 e. The van der Waals surface area contributed by atoms with Crippen LogP contribution in [0, 0.1) is 12.3 Å². The number of nitrogens with zero attached hydrogens (tertiary/aromatic N) is 1. The second-order valence-corrected chi connectivity index (χ2v) is 4.57. The Morgan fingerprint density at radius 2 is 2.06 bits per heavy atom. The molecule has 1 nitrogen and oxygen atoms in total. The molecule has 0 unspecified atom stereocenters. The monoisotopic (exact) mass is 213 g/mol. The highest BCUT2D eigenvalue weighted by atomic mass is 15.1. The van der Waals surface area contributed by atoms with E-state index in [0.29, 0.717) is 0 Å². The van der Waals surface area contributed by atoms with Gasteiger partial charge < -0.3 is 4.90 Å². The zero-order chi connectivity index (χ0) is 11.4. The van der Waals surface area contributed by atoms with Crippen molar-refractivity contribution in [3.05, 3.63) is 34.9 Å². The third-order valence-corrected chi connectivity index (χ3v) is 3.37. The summed E-state index contributed by atoms with van der Waals surface area (Å²) >= 11 is 0. The molecule has 0 atom stereocenters. The smallest absolute Gasteiger partial charge is 0.0304 e. The zero-order valence-corrected chi connectivity index (χ0v) is 10.00. The van der Waals surface area contributed by atoms with Crippen molar-refractivity contribution in [2.75, 3.05) is 20.1 Å². The third kappa shape index (κ3) is 2.46. The molecule has 0 radical (unpaired) electrons. The van der Waals surface area contributed by atoms with E-state index < -0.39 is 0 Å². The number of terminal acetylenes is 1. The Morgan fingerprint density at radius 3 is 2.62 bits per heavy atom. The van der Waals surface area contributed by atoms with Crippen molar-refractivity contribution < 1.29 is 0 Å². The quantitative estimate of drug-likeness (QED) is 0.605. The highest BCUT2D eigenvalue weighted by Crippen LogP contribution is 2.26. The Balaban J connectivity index is 2.22. The van der Waals surface area contributed by atoms with Crippen LogP contribution in [0.5, 0.6) is 0 Å². The van der Waals surface area contributed by atoms with Crippen molar-refractivity contribution in [3.8, 4) is 12.3 Å². The Bertz CT molecular complexity index is 380. The predicted molar refractivity (Wildman–Crippen MR) is 69.0 cm³/mol. The maximum absolute atomic E-state index is 5.67. The molecule has 0 aromatic heterocycles. The van der Waals surface area contributed by atoms with E-state index in [1.807, 2.05) is 0 Å². The Labute approximate surface area is 98.5 Å². The van der Waals surface area contributed by atoms with Gasteiger partial charge in [-0.1, -0.05) is 29.7 Å². The molecule has 1 heterocycles. The summed E-state index contributed by atoms with van der Waals surface area (Å²) in [5, 5.41) is 0. The summed E-state index contributed by atoms with van der Waals surface area (Å²) in [5.41, 5.74) is 3.90. The lowest BCUT2D eigenvalue weighted by Gasteiger charge is -2.25. The summed E-state index contributed by atoms with van der Waals surface area (Å²) in [4.78, 5) is 2.36. The molecule has 2 rings (SSSR count). The summed E-state index contributed by atoms with van der Waals surface area (Å²) in [6.07, 6.45) is 16.9. The van der Waals surface area contributed by atoms with Gasteiger partial charge in [-0.25, -0.2) is 0 Å². The van der Waals surface area contributed by atoms with Gasteiger partial charge in [0.15, 0.2) is 0 Å². The van der Waals surface area contributed by atoms with Crippen molar-refractivity contribution >= 4 is 0 Å². The van der Waals surface area contributed by atoms with Gasteiger partial charge >= 0.3 is 0 Å². The van der Waals surface area contributed by atoms with Gasteiger partial charge in [0.05, 0.1) is 0 Å². The number of allylic oxidation sites excluding steroid dienone is 5. The van der Waals surface area contributed by atoms with Gasteiger partial charge in [0.2, 0.25) is 0 Å². The van der Waals surface area contributed by atoms with Crippen molar-refractivity contribution in [2.24, 2.45) is 0 Å². The van der Waals surface area contributed by atoms with Crippen LogP contribution in [-0.2, 0) is 0 Å². The zero-order valence-electron chi connectivity index (χ0n) is 10.00. The molecular formula is C15H19N. The van der Waals surface area contributed by atoms with Crippen molar-refractivity contribution in [1.29, 1.82) is 0 Å². The molecule has 0 aromatic rings. The molecule has 0 bridgehead atoms. The van der Waals surface area contributed by atoms with Crippen LogP contribution < -0.4 is 0 Å². The Morgan fingerprint density at radius 1 is 1.31 bits per heavy atom. The number of rotatable bonds is 1. The molecule has 0 amide bonds. The highest BCUT2D eigenvalue weighted by molar-refractivity contribution is 5.53. The Hall–Kier alpha value is -1.26. The summed E-state index contributed by atoms with van der Waals surface area (Å²) in [5.74, 6) is 2.90. The lowest BCUT2D eigenvalue weighted by Crippen LogP contribution is -2.27. The molecule has 16 heavy (non-hydrogen) atoms. The molecule has 2 aliphatic rings. The standard InChI is InChI=1S/C15H19N/c1-3-15(13-7-5-4-6-8-13)14-9-11-16(2)12-10-14/h1,5,7-8H,4,6,9-12H2,2H3. The molecule has 84 valence electrons. The second kappa shape index (κ2) is 5.18. The maximum Gasteiger partial charge on any atom is 0.0304 e. The number of likely N-dealkylation sites (tertiary alicyclic amines) is 1. The van der Waals surface area contributed by atoms with E-state index in [4.69, 9.17) is 6.42 Å². The van der Waals surface area contributed by atoms with Crippen LogP contribution in [0.4, 0.5) is 0 Å². The van der Waals surface area contributed by atoms with Crippen LogP contribution >= 0.6 is 0 Å². The molecule has 1 saturated heterocycles. The molecule has 0 saturated carbocycles. The lowest BCUT2D eigenvalue weighted by molar-refractivity contribution is 0.312. The minimum atomic E-state index is 1.13. The number of hydrogen-bond donors (Lipinski definition) is 0. The van der Waals surface area contributed by atoms with Gasteiger partial charge in [-0.3, -0.25) is 0 Å². The largest absolute Gasteiger partial charge is 0.306 e. The van der Waals surface area contributed by atoms with Gasteiger partial charge in [0.25, 0.3) is 0 Å². The van der Waals surface area contributed by atoms with Crippen LogP contribution in [-0.4, -0.2) is 25.0 Å². The first-order chi connectivity index (χ1) is 7.81. The van der Waals surface area contributed by atoms with Crippen LogP contribution in [0.15, 0.2) is 34.9 Å². The topological polar surface area (TPSA) is 3.24 Å². The minimum absolute atomic E-state index is 1.13. The molecule has 1 fully saturated rings. The van der Waals surface area contributed by atoms with Crippen molar-refractivity contribution in [2.45, 2.75) is 25.7 Å². The predicted octanol–water partition coefficient (Wildman–Crippen LogP) is 2.92. The molecule has 1 heteroatoms. The van der Waals surface area contributed by atoms with Gasteiger partial charge in [-0.15, -0.1) is 6.42 Å². The summed E-state index contributed by atoms with van der Waals surface area (Å²) < 4.78 is 0. The van der Waals surface area contributed by atoms with Crippen LogP contribution in [0.3, 0.4) is 0 Å². The van der Waals surface area contributed by atoms with Crippen molar-refractivity contribution in [1.82, 2.24) is 4.90 Å². The van der Waals surface area contributed by atoms with Crippen LogP contribution in [0.2, 0.25) is 0 Å². The van der Waals surface area contributed by atoms with Crippen molar-refractivity contribution in [3.63, 3.8) is 0 Å². The normalized spacial score (nSPS) is 21.5. The number of hydrogen-bond acceptors (Lipinski definition) is 1. The van der Waals surface area contributed by atoms with Gasteiger partial charge in [-0.2, -0.15) is 0 Å². The lowest BCUT2D eigenvalue weighted by atomic mass is 9.91. The van der Waals surface area contributed by atoms with E-state index in [0.717, 1.165) is 44.3 Å². The van der Waals surface area contributed by atoms with Gasteiger partial charge in [0, 0.05) is 18.7 Å². The fourth-order valence-corrected chi connectivity index (χ4v) is 2.33. The SMILES string of the molecule is C#CC(C1=CCCC=C1)=C1CCN(C)CC1. The molecule has 1 aliphatic heterocycles. The van der Waals surface area contributed by atoms with Crippen LogP contribution in [0.1, 0.15) is 25.7 Å². The average molecular weight is 213 g/mol. The first kappa shape index (κ1) is 11.2. The summed E-state index contributed by atoms with van der Waals surface area (Å²) in [7, 11) is 2.17. The third-order valence-electron chi connectivity index (χ3n) is 3.37. The van der Waals surface area contributed by atoms with E-state index in [1.54, 1.807) is 0 Å². The summed E-state index contributed by atoms with van der Waals surface area (Å²) in [6.45, 7) is 2.27. The molecule has 1 aliphatic carbocycles. The fraction of sp³-hybridized carbons (Fsp3) is 0.467. The first-order valence-corrected chi connectivity index (χ1v) is 6.05. The Kier molecular flexibility index (Phi) is 3.64. The molecule has 0 aromatic carbocycles. The fourth-order valence-electron chi connectivity index (χ4n) is 2.33. The maximum atomic E-state index is 5.67. The van der Waals surface area contributed by atoms with Crippen LogP contribution in [0.25, 0.3) is 0 Å². The number of piperidine rings is 1. The second-order valence-electron chi connectivity index (χ2n) is 4.57. The van der Waals surface area contributed by atoms with E-state index in [-0.39, 0.29) is 0 Å². The van der Waals surface area contributed by atoms with E-state index >= 15 is 0 Å². The van der Waals surface area contributed by atoms with E-state index in [2.05, 4.69) is 36.1 Å². The van der Waals surface area contributed by atoms with Gasteiger partial charge in [0.1, 0.15) is 0 Å².